The van der Waals surface area contributed by atoms with Gasteiger partial charge in [-0.25, -0.2) is 0 Å². The van der Waals surface area contributed by atoms with Gasteiger partial charge in [0.1, 0.15) is 0 Å². The molecule has 0 heterocycles. The highest BCUT2D eigenvalue weighted by molar-refractivity contribution is 6.01. The molecular weight excluding hydrogens is 713 g/mol. The number of allylic oxidation sites excluding steroid dienone is 8. The van der Waals surface area contributed by atoms with E-state index < -0.39 is 0 Å². The molecule has 2 nitrogen and oxygen atoms in total. The van der Waals surface area contributed by atoms with E-state index in [2.05, 4.69) is 228 Å². The molecule has 280 valence electrons. The Morgan fingerprint density at radius 3 is 1.29 bits per heavy atom. The molecule has 0 radical (unpaired) electrons. The average Bonchev–Trinajstić information content (AvgIpc) is 3.77. The molecule has 4 aliphatic rings. The summed E-state index contributed by atoms with van der Waals surface area (Å²) in [7, 11) is 0. The van der Waals surface area contributed by atoms with Crippen molar-refractivity contribution in [2.45, 2.75) is 18.3 Å². The van der Waals surface area contributed by atoms with Crippen molar-refractivity contribution >= 4 is 55.7 Å². The van der Waals surface area contributed by atoms with Gasteiger partial charge in [-0.3, -0.25) is 0 Å². The fourth-order valence-electron chi connectivity index (χ4n) is 11.2. The fraction of sp³-hybridized carbons (Fsp3) is 0.0877. The van der Waals surface area contributed by atoms with Crippen LogP contribution in [-0.2, 0) is 5.41 Å². The number of benzene rings is 8. The van der Waals surface area contributed by atoms with Gasteiger partial charge in [0.05, 0.1) is 11.4 Å². The van der Waals surface area contributed by atoms with Gasteiger partial charge >= 0.3 is 0 Å². The summed E-state index contributed by atoms with van der Waals surface area (Å²) in [5, 5.41) is 4.95. The first-order valence-corrected chi connectivity index (χ1v) is 21.0. The number of hydrogen-bond acceptors (Lipinski definition) is 2. The van der Waals surface area contributed by atoms with Gasteiger partial charge in [-0.05, 0) is 118 Å². The molecule has 2 atom stereocenters. The summed E-state index contributed by atoms with van der Waals surface area (Å²) < 4.78 is 0. The van der Waals surface area contributed by atoms with Crippen LogP contribution in [0.1, 0.15) is 24.0 Å². The second-order valence-electron chi connectivity index (χ2n) is 16.3. The van der Waals surface area contributed by atoms with E-state index in [-0.39, 0.29) is 5.41 Å². The first-order chi connectivity index (χ1) is 29.3. The standard InChI is InChI=1S/C57H42N2/c1-3-21-41(22-4-1)58(55-31-15-19-39-17-7-9-25-45(39)55)43-33-35-49-50-36-34-44(59(42-23-5-2-6-24-42)56-32-16-20-40-18-8-10-26-46(40)56)38-54(50)57(53(49)37-43)51-29-13-11-27-47(51)48-28-12-14-30-52(48)57/h1-28,31-38,51-52H,29-30H2. The van der Waals surface area contributed by atoms with Gasteiger partial charge in [0.15, 0.2) is 0 Å². The van der Waals surface area contributed by atoms with Crippen LogP contribution in [0.25, 0.3) is 32.7 Å². The van der Waals surface area contributed by atoms with Gasteiger partial charge < -0.3 is 9.80 Å². The molecule has 8 aromatic carbocycles. The maximum absolute atomic E-state index is 2.57. The minimum absolute atomic E-state index is 0.272. The van der Waals surface area contributed by atoms with Crippen LogP contribution in [0.15, 0.2) is 230 Å². The number of hydrogen-bond donors (Lipinski definition) is 0. The zero-order chi connectivity index (χ0) is 38.9. The Bertz CT molecular complexity index is 2860. The van der Waals surface area contributed by atoms with Crippen LogP contribution in [-0.4, -0.2) is 0 Å². The minimum Gasteiger partial charge on any atom is -0.310 e. The summed E-state index contributed by atoms with van der Waals surface area (Å²) in [5.41, 5.74) is 15.3. The summed E-state index contributed by atoms with van der Waals surface area (Å²) in [5.74, 6) is 0.610. The third kappa shape index (κ3) is 5.06. The summed E-state index contributed by atoms with van der Waals surface area (Å²) in [6.07, 6.45) is 16.3. The second-order valence-corrected chi connectivity index (χ2v) is 16.3. The number of anilines is 6. The molecule has 0 saturated heterocycles. The van der Waals surface area contributed by atoms with Crippen molar-refractivity contribution in [1.29, 1.82) is 0 Å². The summed E-state index contributed by atoms with van der Waals surface area (Å²) >= 11 is 0. The SMILES string of the molecule is C1=CCC2C(=C1)C1=CC=CCC1C21c2cc(N(c3ccccc3)c3cccc4ccccc34)ccc2-c2ccc(N(c3ccccc3)c3cccc4ccccc34)cc21. The van der Waals surface area contributed by atoms with Crippen LogP contribution in [0, 0.1) is 11.8 Å². The third-order valence-electron chi connectivity index (χ3n) is 13.5. The van der Waals surface area contributed by atoms with Crippen molar-refractivity contribution in [1.82, 2.24) is 0 Å². The largest absolute Gasteiger partial charge is 0.310 e. The Balaban J connectivity index is 1.12. The topological polar surface area (TPSA) is 6.48 Å². The molecule has 0 aromatic heterocycles. The van der Waals surface area contributed by atoms with Crippen molar-refractivity contribution < 1.29 is 0 Å². The summed E-state index contributed by atoms with van der Waals surface area (Å²) in [6, 6.07) is 67.5. The smallest absolute Gasteiger partial charge is 0.0540 e. The van der Waals surface area contributed by atoms with E-state index in [1.807, 2.05) is 0 Å². The van der Waals surface area contributed by atoms with Crippen LogP contribution in [0.4, 0.5) is 34.1 Å². The van der Waals surface area contributed by atoms with Crippen molar-refractivity contribution in [3.05, 3.63) is 241 Å². The summed E-state index contributed by atoms with van der Waals surface area (Å²) in [4.78, 5) is 4.96. The Morgan fingerprint density at radius 2 is 0.814 bits per heavy atom. The molecule has 4 aliphatic carbocycles. The number of rotatable bonds is 6. The lowest BCUT2D eigenvalue weighted by Crippen LogP contribution is -2.37. The molecule has 0 amide bonds. The fourth-order valence-corrected chi connectivity index (χ4v) is 11.2. The van der Waals surface area contributed by atoms with Gasteiger partial charge in [-0.2, -0.15) is 0 Å². The van der Waals surface area contributed by atoms with Gasteiger partial charge in [-0.1, -0.05) is 158 Å². The van der Waals surface area contributed by atoms with Gasteiger partial charge in [0, 0.05) is 50.8 Å². The molecule has 0 N–H and O–H groups in total. The van der Waals surface area contributed by atoms with Gasteiger partial charge in [-0.15, -0.1) is 0 Å². The number of para-hydroxylation sites is 2. The van der Waals surface area contributed by atoms with E-state index in [0.29, 0.717) is 11.8 Å². The Hall–Kier alpha value is -7.16. The minimum atomic E-state index is -0.272. The van der Waals surface area contributed by atoms with Crippen molar-refractivity contribution in [3.63, 3.8) is 0 Å². The van der Waals surface area contributed by atoms with E-state index in [9.17, 15) is 0 Å². The van der Waals surface area contributed by atoms with E-state index in [4.69, 9.17) is 0 Å². The van der Waals surface area contributed by atoms with Crippen LogP contribution in [0.2, 0.25) is 0 Å². The number of fused-ring (bicyclic) bond motifs is 12. The van der Waals surface area contributed by atoms with Gasteiger partial charge in [0.25, 0.3) is 0 Å². The average molecular weight is 755 g/mol. The first-order valence-electron chi connectivity index (χ1n) is 21.0. The lowest BCUT2D eigenvalue weighted by molar-refractivity contribution is 0.330. The lowest BCUT2D eigenvalue weighted by atomic mass is 9.62. The molecule has 1 saturated carbocycles. The molecule has 8 aromatic rings. The maximum atomic E-state index is 2.57. The number of nitrogens with zero attached hydrogens (tertiary/aromatic N) is 2. The summed E-state index contributed by atoms with van der Waals surface area (Å²) in [6.45, 7) is 0. The molecule has 59 heavy (non-hydrogen) atoms. The molecule has 12 rings (SSSR count). The lowest BCUT2D eigenvalue weighted by Gasteiger charge is -2.40. The molecule has 0 bridgehead atoms. The Labute approximate surface area is 346 Å². The van der Waals surface area contributed by atoms with Gasteiger partial charge in [0.2, 0.25) is 0 Å². The predicted molar refractivity (Wildman–Crippen MR) is 248 cm³/mol. The highest BCUT2D eigenvalue weighted by atomic mass is 15.1. The molecule has 0 aliphatic heterocycles. The molecule has 1 spiro atoms. The van der Waals surface area contributed by atoms with Crippen molar-refractivity contribution in [3.8, 4) is 11.1 Å². The molecular formula is C57H42N2. The third-order valence-corrected chi connectivity index (χ3v) is 13.5. The van der Waals surface area contributed by atoms with E-state index >= 15 is 0 Å². The van der Waals surface area contributed by atoms with Crippen molar-refractivity contribution in [2.75, 3.05) is 9.80 Å². The van der Waals surface area contributed by atoms with E-state index in [1.165, 1.54) is 77.7 Å². The quantitative estimate of drug-likeness (QED) is 0.167. The molecule has 2 unspecified atom stereocenters. The van der Waals surface area contributed by atoms with E-state index in [0.717, 1.165) is 24.2 Å². The highest BCUT2D eigenvalue weighted by Gasteiger charge is 2.60. The molecule has 2 heteroatoms. The second kappa shape index (κ2) is 13.5. The van der Waals surface area contributed by atoms with Crippen LogP contribution in [0.3, 0.4) is 0 Å². The normalized spacial score (nSPS) is 17.9. The Kier molecular flexibility index (Phi) is 7.74. The first kappa shape index (κ1) is 33.9. The monoisotopic (exact) mass is 754 g/mol. The van der Waals surface area contributed by atoms with Crippen LogP contribution in [0.5, 0.6) is 0 Å². The molecule has 1 fully saturated rings. The zero-order valence-electron chi connectivity index (χ0n) is 32.7. The van der Waals surface area contributed by atoms with E-state index in [1.54, 1.807) is 0 Å². The zero-order valence-corrected chi connectivity index (χ0v) is 32.7. The predicted octanol–water partition coefficient (Wildman–Crippen LogP) is 15.2. The highest BCUT2D eigenvalue weighted by Crippen LogP contribution is 2.68. The maximum Gasteiger partial charge on any atom is 0.0540 e. The Morgan fingerprint density at radius 1 is 0.390 bits per heavy atom. The van der Waals surface area contributed by atoms with Crippen LogP contribution < -0.4 is 9.80 Å². The van der Waals surface area contributed by atoms with Crippen LogP contribution >= 0.6 is 0 Å². The van der Waals surface area contributed by atoms with Crippen molar-refractivity contribution in [2.24, 2.45) is 11.8 Å².